The third kappa shape index (κ3) is 5.92. The maximum absolute atomic E-state index is 4.09. The van der Waals surface area contributed by atoms with Crippen LogP contribution in [0.5, 0.6) is 0 Å². The molecule has 1 fully saturated rings. The standard InChI is InChI=1S/C12H25N3/c1-12-10-13-6-4-7-14(2)8-5-9-15(3)11-12/h13H,1,4-11H2,2-3H3. The first-order valence-corrected chi connectivity index (χ1v) is 5.93. The van der Waals surface area contributed by atoms with Gasteiger partial charge in [-0.2, -0.15) is 0 Å². The summed E-state index contributed by atoms with van der Waals surface area (Å²) in [4.78, 5) is 4.78. The predicted octanol–water partition coefficient (Wildman–Crippen LogP) is 0.790. The molecule has 3 heteroatoms. The van der Waals surface area contributed by atoms with Gasteiger partial charge in [0, 0.05) is 13.1 Å². The SMILES string of the molecule is C=C1CNCCCN(C)CCCN(C)C1. The summed E-state index contributed by atoms with van der Waals surface area (Å²) in [6.45, 7) is 10.8. The van der Waals surface area contributed by atoms with Gasteiger partial charge in [-0.25, -0.2) is 0 Å². The number of hydrogen-bond acceptors (Lipinski definition) is 3. The van der Waals surface area contributed by atoms with Gasteiger partial charge in [0.15, 0.2) is 0 Å². The average molecular weight is 211 g/mol. The number of nitrogens with zero attached hydrogens (tertiary/aromatic N) is 2. The summed E-state index contributed by atoms with van der Waals surface area (Å²) in [5.41, 5.74) is 1.30. The van der Waals surface area contributed by atoms with E-state index in [0.717, 1.165) is 19.6 Å². The molecule has 15 heavy (non-hydrogen) atoms. The topological polar surface area (TPSA) is 18.5 Å². The Kier molecular flexibility index (Phi) is 5.91. The molecule has 0 bridgehead atoms. The van der Waals surface area contributed by atoms with Gasteiger partial charge in [-0.1, -0.05) is 6.58 Å². The van der Waals surface area contributed by atoms with E-state index < -0.39 is 0 Å². The molecule has 0 aromatic rings. The Morgan fingerprint density at radius 2 is 1.73 bits per heavy atom. The van der Waals surface area contributed by atoms with E-state index in [1.807, 2.05) is 0 Å². The predicted molar refractivity (Wildman–Crippen MR) is 66.2 cm³/mol. The van der Waals surface area contributed by atoms with Gasteiger partial charge in [-0.05, 0) is 58.7 Å². The van der Waals surface area contributed by atoms with Crippen LogP contribution in [0.25, 0.3) is 0 Å². The van der Waals surface area contributed by atoms with Crippen LogP contribution in [0.15, 0.2) is 12.2 Å². The zero-order valence-electron chi connectivity index (χ0n) is 10.3. The molecular weight excluding hydrogens is 186 g/mol. The summed E-state index contributed by atoms with van der Waals surface area (Å²) >= 11 is 0. The third-order valence-corrected chi connectivity index (χ3v) is 2.84. The molecule has 0 aromatic heterocycles. The van der Waals surface area contributed by atoms with Crippen molar-refractivity contribution in [3.8, 4) is 0 Å². The Morgan fingerprint density at radius 3 is 2.53 bits per heavy atom. The lowest BCUT2D eigenvalue weighted by molar-refractivity contribution is 0.280. The van der Waals surface area contributed by atoms with Crippen LogP contribution in [-0.2, 0) is 0 Å². The first-order chi connectivity index (χ1) is 7.18. The lowest BCUT2D eigenvalue weighted by Crippen LogP contribution is -2.32. The van der Waals surface area contributed by atoms with Crippen molar-refractivity contribution in [3.63, 3.8) is 0 Å². The third-order valence-electron chi connectivity index (χ3n) is 2.84. The van der Waals surface area contributed by atoms with Gasteiger partial charge in [-0.15, -0.1) is 0 Å². The lowest BCUT2D eigenvalue weighted by atomic mass is 10.2. The fourth-order valence-electron chi connectivity index (χ4n) is 1.98. The maximum Gasteiger partial charge on any atom is 0.0199 e. The number of rotatable bonds is 0. The molecule has 0 amide bonds. The molecule has 1 rings (SSSR count). The molecule has 1 aliphatic rings. The molecule has 1 aliphatic heterocycles. The molecule has 1 N–H and O–H groups in total. The minimum atomic E-state index is 0.966. The quantitative estimate of drug-likeness (QED) is 0.598. The highest BCUT2D eigenvalue weighted by molar-refractivity contribution is 4.99. The minimum Gasteiger partial charge on any atom is -0.313 e. The van der Waals surface area contributed by atoms with Gasteiger partial charge in [0.1, 0.15) is 0 Å². The number of likely N-dealkylation sites (N-methyl/N-ethyl adjacent to an activating group) is 1. The first kappa shape index (κ1) is 12.7. The zero-order chi connectivity index (χ0) is 11.1. The molecule has 88 valence electrons. The van der Waals surface area contributed by atoms with E-state index in [1.54, 1.807) is 0 Å². The Balaban J connectivity index is 2.33. The van der Waals surface area contributed by atoms with Crippen molar-refractivity contribution in [2.24, 2.45) is 0 Å². The van der Waals surface area contributed by atoms with E-state index in [0.29, 0.717) is 0 Å². The second kappa shape index (κ2) is 6.99. The summed E-state index contributed by atoms with van der Waals surface area (Å²) in [6.07, 6.45) is 2.49. The smallest absolute Gasteiger partial charge is 0.0199 e. The van der Waals surface area contributed by atoms with Crippen molar-refractivity contribution in [1.82, 2.24) is 15.1 Å². The molecule has 3 nitrogen and oxygen atoms in total. The van der Waals surface area contributed by atoms with Crippen LogP contribution in [0.1, 0.15) is 12.8 Å². The van der Waals surface area contributed by atoms with Gasteiger partial charge < -0.3 is 15.1 Å². The van der Waals surface area contributed by atoms with Crippen molar-refractivity contribution in [3.05, 3.63) is 12.2 Å². The van der Waals surface area contributed by atoms with Crippen LogP contribution < -0.4 is 5.32 Å². The minimum absolute atomic E-state index is 0.966. The highest BCUT2D eigenvalue weighted by atomic mass is 15.1. The summed E-state index contributed by atoms with van der Waals surface area (Å²) in [6, 6.07) is 0. The van der Waals surface area contributed by atoms with Crippen molar-refractivity contribution in [2.45, 2.75) is 12.8 Å². The average Bonchev–Trinajstić information content (AvgIpc) is 2.15. The van der Waals surface area contributed by atoms with Crippen molar-refractivity contribution in [2.75, 3.05) is 53.4 Å². The van der Waals surface area contributed by atoms with E-state index in [2.05, 4.69) is 35.8 Å². The van der Waals surface area contributed by atoms with Crippen LogP contribution in [-0.4, -0.2) is 63.2 Å². The number of nitrogens with one attached hydrogen (secondary N) is 1. The van der Waals surface area contributed by atoms with Gasteiger partial charge >= 0.3 is 0 Å². The molecule has 0 spiro atoms. The second-order valence-corrected chi connectivity index (χ2v) is 4.67. The van der Waals surface area contributed by atoms with Crippen LogP contribution in [0.3, 0.4) is 0 Å². The van der Waals surface area contributed by atoms with Crippen molar-refractivity contribution < 1.29 is 0 Å². The van der Waals surface area contributed by atoms with Crippen LogP contribution >= 0.6 is 0 Å². The molecule has 0 aliphatic carbocycles. The fourth-order valence-corrected chi connectivity index (χ4v) is 1.98. The lowest BCUT2D eigenvalue weighted by Gasteiger charge is -2.22. The van der Waals surface area contributed by atoms with Crippen molar-refractivity contribution in [1.29, 1.82) is 0 Å². The van der Waals surface area contributed by atoms with Crippen LogP contribution in [0.4, 0.5) is 0 Å². The van der Waals surface area contributed by atoms with E-state index in [1.165, 1.54) is 38.0 Å². The Morgan fingerprint density at radius 1 is 1.07 bits per heavy atom. The highest BCUT2D eigenvalue weighted by Crippen LogP contribution is 1.98. The van der Waals surface area contributed by atoms with Gasteiger partial charge in [0.2, 0.25) is 0 Å². The van der Waals surface area contributed by atoms with Crippen molar-refractivity contribution >= 4 is 0 Å². The Hall–Kier alpha value is -0.380. The van der Waals surface area contributed by atoms with Crippen LogP contribution in [0.2, 0.25) is 0 Å². The van der Waals surface area contributed by atoms with E-state index in [4.69, 9.17) is 0 Å². The molecular formula is C12H25N3. The molecule has 0 radical (unpaired) electrons. The first-order valence-electron chi connectivity index (χ1n) is 5.93. The van der Waals surface area contributed by atoms with E-state index in [-0.39, 0.29) is 0 Å². The largest absolute Gasteiger partial charge is 0.313 e. The summed E-state index contributed by atoms with van der Waals surface area (Å²) in [5.74, 6) is 0. The van der Waals surface area contributed by atoms with Crippen LogP contribution in [0, 0.1) is 0 Å². The van der Waals surface area contributed by atoms with E-state index >= 15 is 0 Å². The normalized spacial score (nSPS) is 24.5. The number of hydrogen-bond donors (Lipinski definition) is 1. The summed E-state index contributed by atoms with van der Waals surface area (Å²) in [5, 5.41) is 3.44. The molecule has 0 aromatic carbocycles. The molecule has 0 saturated carbocycles. The molecule has 0 atom stereocenters. The van der Waals surface area contributed by atoms with Gasteiger partial charge in [0.25, 0.3) is 0 Å². The van der Waals surface area contributed by atoms with Gasteiger partial charge in [-0.3, -0.25) is 0 Å². The summed E-state index contributed by atoms with van der Waals surface area (Å²) < 4.78 is 0. The Bertz CT molecular complexity index is 191. The second-order valence-electron chi connectivity index (χ2n) is 4.67. The van der Waals surface area contributed by atoms with E-state index in [9.17, 15) is 0 Å². The van der Waals surface area contributed by atoms with Gasteiger partial charge in [0.05, 0.1) is 0 Å². The maximum atomic E-state index is 4.09. The molecule has 1 heterocycles. The summed E-state index contributed by atoms with van der Waals surface area (Å²) in [7, 11) is 4.39. The zero-order valence-corrected chi connectivity index (χ0v) is 10.3. The monoisotopic (exact) mass is 211 g/mol. The molecule has 1 saturated heterocycles. The fraction of sp³-hybridized carbons (Fsp3) is 0.833. The highest BCUT2D eigenvalue weighted by Gasteiger charge is 2.04. The molecule has 0 unspecified atom stereocenters. The Labute approximate surface area is 94.1 Å².